The third-order valence-corrected chi connectivity index (χ3v) is 16.6. The maximum Gasteiger partial charge on any atom is 0.311 e. The summed E-state index contributed by atoms with van der Waals surface area (Å²) in [6, 6.07) is 40.6. The molecular weight excluding hydrogens is 817 g/mol. The average molecular weight is 899 g/mol. The van der Waals surface area contributed by atoms with Crippen molar-refractivity contribution in [1.29, 1.82) is 0 Å². The van der Waals surface area contributed by atoms with Crippen LogP contribution < -0.4 is 20.3 Å². The van der Waals surface area contributed by atoms with Gasteiger partial charge in [0.2, 0.25) is 0 Å². The molecule has 4 aromatic carbocycles. The zero-order valence-corrected chi connectivity index (χ0v) is 42.9. The third-order valence-electron chi connectivity index (χ3n) is 12.5. The first kappa shape index (κ1) is 53.1. The number of allylic oxidation sites excluding steroid dienone is 2. The van der Waals surface area contributed by atoms with Gasteiger partial charge >= 0.3 is 5.97 Å². The van der Waals surface area contributed by atoms with Gasteiger partial charge in [-0.05, 0) is 98.3 Å². The lowest BCUT2D eigenvalue weighted by molar-refractivity contribution is -0.151. The minimum Gasteiger partial charge on any atom is -0.497 e. The van der Waals surface area contributed by atoms with Gasteiger partial charge in [0.25, 0.3) is 8.32 Å². The molecule has 5 atom stereocenters. The van der Waals surface area contributed by atoms with Crippen molar-refractivity contribution in [3.63, 3.8) is 0 Å². The fourth-order valence-corrected chi connectivity index (χ4v) is 13.2. The molecule has 0 bridgehead atoms. The molecule has 4 aromatic rings. The van der Waals surface area contributed by atoms with Gasteiger partial charge in [-0.2, -0.15) is 0 Å². The van der Waals surface area contributed by atoms with Crippen LogP contribution in [0.25, 0.3) is 0 Å². The zero-order valence-electron chi connectivity index (χ0n) is 41.9. The summed E-state index contributed by atoms with van der Waals surface area (Å²) in [4.78, 5) is 12.8. The highest BCUT2D eigenvalue weighted by Crippen LogP contribution is 2.29. The van der Waals surface area contributed by atoms with E-state index in [0.717, 1.165) is 28.9 Å². The minimum atomic E-state index is -3.12. The Morgan fingerprint density at radius 2 is 1.17 bits per heavy atom. The molecule has 5 nitrogen and oxygen atoms in total. The van der Waals surface area contributed by atoms with Crippen molar-refractivity contribution in [2.45, 2.75) is 146 Å². The van der Waals surface area contributed by atoms with Crippen molar-refractivity contribution in [3.8, 4) is 5.75 Å². The van der Waals surface area contributed by atoms with E-state index < -0.39 is 13.7 Å². The van der Waals surface area contributed by atoms with Gasteiger partial charge in [-0.15, -0.1) is 0 Å². The predicted octanol–water partition coefficient (Wildman–Crippen LogP) is 13.5. The van der Waals surface area contributed by atoms with Gasteiger partial charge in [-0.25, -0.2) is 0 Å². The topological polar surface area (TPSA) is 54.0 Å². The number of hydrogen-bond donors (Lipinski definition) is 0. The Balaban J connectivity index is 1.73. The van der Waals surface area contributed by atoms with Crippen LogP contribution >= 0.6 is 0 Å². The SMILES string of the molecule is CCCCCCCCCC[C@H](C)[C@@H](OCc1ccc(OC)cc1)[C@@H](C)/C=C(C)/C=C(\C)[C@H](O[Si](c1ccccc1)(c1ccccc1)c1ccccc1)[C@H](C)/C=C(\C)COC(=O)C(C)(C)C. The van der Waals surface area contributed by atoms with Crippen molar-refractivity contribution in [2.24, 2.45) is 23.2 Å². The minimum absolute atomic E-state index is 0.0481. The van der Waals surface area contributed by atoms with Crippen molar-refractivity contribution in [2.75, 3.05) is 13.7 Å². The Morgan fingerprint density at radius 1 is 0.662 bits per heavy atom. The van der Waals surface area contributed by atoms with E-state index in [0.29, 0.717) is 12.5 Å². The average Bonchev–Trinajstić information content (AvgIpc) is 3.30. The number of carbonyl (C=O) groups excluding carboxylic acids is 1. The molecule has 0 saturated carbocycles. The fourth-order valence-electron chi connectivity index (χ4n) is 9.02. The highest BCUT2D eigenvalue weighted by atomic mass is 28.4. The van der Waals surface area contributed by atoms with Crippen LogP contribution in [0.1, 0.15) is 133 Å². The largest absolute Gasteiger partial charge is 0.497 e. The van der Waals surface area contributed by atoms with E-state index in [1.807, 2.05) is 39.8 Å². The van der Waals surface area contributed by atoms with Gasteiger partial charge in [0, 0.05) is 11.8 Å². The summed E-state index contributed by atoms with van der Waals surface area (Å²) in [6.07, 6.45) is 18.3. The molecule has 65 heavy (non-hydrogen) atoms. The lowest BCUT2D eigenvalue weighted by atomic mass is 9.87. The summed E-state index contributed by atoms with van der Waals surface area (Å²) in [6.45, 7) is 22.1. The number of hydrogen-bond acceptors (Lipinski definition) is 5. The van der Waals surface area contributed by atoms with Gasteiger partial charge in [-0.1, -0.05) is 206 Å². The molecule has 0 aliphatic carbocycles. The second-order valence-corrected chi connectivity index (χ2v) is 22.9. The molecule has 4 rings (SSSR count). The summed E-state index contributed by atoms with van der Waals surface area (Å²) in [5, 5.41) is 3.56. The second kappa shape index (κ2) is 27.2. The van der Waals surface area contributed by atoms with E-state index >= 15 is 0 Å². The smallest absolute Gasteiger partial charge is 0.311 e. The van der Waals surface area contributed by atoms with Crippen LogP contribution in [0.5, 0.6) is 5.75 Å². The predicted molar refractivity (Wildman–Crippen MR) is 277 cm³/mol. The van der Waals surface area contributed by atoms with Gasteiger partial charge in [-0.3, -0.25) is 4.79 Å². The zero-order chi connectivity index (χ0) is 47.2. The summed E-state index contributed by atoms with van der Waals surface area (Å²) in [7, 11) is -1.42. The van der Waals surface area contributed by atoms with Crippen molar-refractivity contribution >= 4 is 29.8 Å². The van der Waals surface area contributed by atoms with Crippen LogP contribution in [-0.4, -0.2) is 40.2 Å². The third kappa shape index (κ3) is 16.7. The Kier molecular flexibility index (Phi) is 22.2. The standard InChI is InChI=1S/C59H82O5Si/c1-12-13-14-15-16-17-18-22-29-47(4)56(62-44-51-36-38-52(61-11)39-37-51)48(5)40-45(2)41-49(6)57(50(7)42-46(3)43-63-58(60)59(8,9)10)64-65(53-30-23-19-24-31-53,54-32-25-20-26-33-54)55-34-27-21-28-35-55/h19-21,23-28,30-42,47-48,50,56-57H,12-18,22,29,43-44H2,1-11H3/b45-40+,46-42+,49-41+/t47-,48-,50+,56+,57-/m0/s1. The quantitative estimate of drug-likeness (QED) is 0.0149. The number of carbonyl (C=O) groups is 1. The number of benzene rings is 4. The normalized spacial score (nSPS) is 15.2. The fraction of sp³-hybridized carbons (Fsp3) is 0.475. The van der Waals surface area contributed by atoms with Crippen LogP contribution in [0.15, 0.2) is 150 Å². The molecule has 352 valence electrons. The van der Waals surface area contributed by atoms with Crippen molar-refractivity contribution in [3.05, 3.63) is 156 Å². The van der Waals surface area contributed by atoms with Crippen molar-refractivity contribution in [1.82, 2.24) is 0 Å². The van der Waals surface area contributed by atoms with Crippen LogP contribution in [0, 0.1) is 23.2 Å². The van der Waals surface area contributed by atoms with Gasteiger partial charge in [0.15, 0.2) is 0 Å². The molecule has 0 saturated heterocycles. The van der Waals surface area contributed by atoms with Crippen LogP contribution in [0.4, 0.5) is 0 Å². The summed E-state index contributed by atoms with van der Waals surface area (Å²) < 4.78 is 26.1. The van der Waals surface area contributed by atoms with Crippen molar-refractivity contribution < 1.29 is 23.4 Å². The number of ether oxygens (including phenoxy) is 3. The molecule has 0 aromatic heterocycles. The molecule has 0 unspecified atom stereocenters. The van der Waals surface area contributed by atoms with E-state index in [1.54, 1.807) is 7.11 Å². The second-order valence-electron chi connectivity index (χ2n) is 19.5. The van der Waals surface area contributed by atoms with E-state index in [2.05, 4.69) is 163 Å². The molecule has 0 spiro atoms. The maximum atomic E-state index is 12.8. The number of methoxy groups -OCH3 is 1. The summed E-state index contributed by atoms with van der Waals surface area (Å²) in [5.41, 5.74) is 3.88. The first-order valence-electron chi connectivity index (χ1n) is 24.5. The molecule has 0 aliphatic heterocycles. The lowest BCUT2D eigenvalue weighted by Gasteiger charge is -2.39. The lowest BCUT2D eigenvalue weighted by Crippen LogP contribution is -2.70. The Labute approximate surface area is 395 Å². The summed E-state index contributed by atoms with van der Waals surface area (Å²) >= 11 is 0. The van der Waals surface area contributed by atoms with Gasteiger partial charge in [0.1, 0.15) is 12.4 Å². The molecule has 0 fully saturated rings. The molecule has 0 radical (unpaired) electrons. The van der Waals surface area contributed by atoms with Crippen LogP contribution in [0.3, 0.4) is 0 Å². The molecule has 0 aliphatic rings. The number of rotatable bonds is 27. The van der Waals surface area contributed by atoms with Crippen LogP contribution in [0.2, 0.25) is 0 Å². The van der Waals surface area contributed by atoms with E-state index in [1.165, 1.54) is 72.5 Å². The first-order valence-corrected chi connectivity index (χ1v) is 26.4. The van der Waals surface area contributed by atoms with E-state index in [9.17, 15) is 4.79 Å². The molecule has 0 N–H and O–H groups in total. The first-order chi connectivity index (χ1) is 31.2. The maximum absolute atomic E-state index is 12.8. The van der Waals surface area contributed by atoms with E-state index in [4.69, 9.17) is 18.6 Å². The van der Waals surface area contributed by atoms with Gasteiger partial charge in [0.05, 0.1) is 31.3 Å². The Morgan fingerprint density at radius 3 is 1.66 bits per heavy atom. The molecular formula is C59H82O5Si. The van der Waals surface area contributed by atoms with E-state index in [-0.39, 0.29) is 36.6 Å². The number of esters is 1. The summed E-state index contributed by atoms with van der Waals surface area (Å²) in [5.74, 6) is 1.15. The number of unbranched alkanes of at least 4 members (excludes halogenated alkanes) is 7. The van der Waals surface area contributed by atoms with Gasteiger partial charge < -0.3 is 18.6 Å². The Bertz CT molecular complexity index is 1950. The highest BCUT2D eigenvalue weighted by molar-refractivity contribution is 7.07. The highest BCUT2D eigenvalue weighted by Gasteiger charge is 2.45. The van der Waals surface area contributed by atoms with Crippen LogP contribution in [-0.2, 0) is 25.3 Å². The monoisotopic (exact) mass is 899 g/mol. The Hall–Kier alpha value is -4.49. The molecule has 0 heterocycles. The molecule has 0 amide bonds. The molecule has 6 heteroatoms.